The van der Waals surface area contributed by atoms with Crippen molar-refractivity contribution in [2.45, 2.75) is 0 Å². The summed E-state index contributed by atoms with van der Waals surface area (Å²) in [6, 6.07) is 6.16. The standard InChI is InChI=1S/C19H23N7O5S/c27-18(28)13-3-1-2-4-14(13)21-16-15(26(29)30)17(24-9-11-32(31)12-10-24)23-19(22-16)25-7-5-20-6-8-25/h1-4,20H,5-12H2,(H,27,28)(H,21,22,23). The van der Waals surface area contributed by atoms with Gasteiger partial charge in [-0.05, 0) is 12.1 Å². The van der Waals surface area contributed by atoms with Crippen molar-refractivity contribution < 1.29 is 19.0 Å². The van der Waals surface area contributed by atoms with Crippen LogP contribution in [0.5, 0.6) is 0 Å². The molecule has 2 aliphatic heterocycles. The Bertz CT molecular complexity index is 1050. The minimum atomic E-state index is -1.16. The van der Waals surface area contributed by atoms with Crippen molar-refractivity contribution in [3.8, 4) is 0 Å². The average molecular weight is 462 g/mol. The Hall–Kier alpha value is -3.32. The zero-order valence-corrected chi connectivity index (χ0v) is 18.0. The number of nitro groups is 1. The van der Waals surface area contributed by atoms with Gasteiger partial charge in [0, 0.05) is 61.6 Å². The van der Waals surface area contributed by atoms with Crippen LogP contribution in [0, 0.1) is 10.1 Å². The maximum Gasteiger partial charge on any atom is 0.353 e. The summed E-state index contributed by atoms with van der Waals surface area (Å²) in [6.07, 6.45) is 0. The summed E-state index contributed by atoms with van der Waals surface area (Å²) in [4.78, 5) is 35.8. The smallest absolute Gasteiger partial charge is 0.353 e. The van der Waals surface area contributed by atoms with Gasteiger partial charge in [0.1, 0.15) is 0 Å². The summed E-state index contributed by atoms with van der Waals surface area (Å²) in [6.45, 7) is 3.46. The van der Waals surface area contributed by atoms with E-state index in [2.05, 4.69) is 20.6 Å². The molecule has 2 saturated heterocycles. The monoisotopic (exact) mass is 461 g/mol. The van der Waals surface area contributed by atoms with E-state index in [0.717, 1.165) is 13.1 Å². The van der Waals surface area contributed by atoms with Crippen LogP contribution in [0.25, 0.3) is 0 Å². The van der Waals surface area contributed by atoms with E-state index in [0.29, 0.717) is 43.6 Å². The Kier molecular flexibility index (Phi) is 6.46. The van der Waals surface area contributed by atoms with Crippen LogP contribution in [0.1, 0.15) is 10.4 Å². The summed E-state index contributed by atoms with van der Waals surface area (Å²) >= 11 is 0. The zero-order valence-electron chi connectivity index (χ0n) is 17.2. The first kappa shape index (κ1) is 21.9. The molecule has 0 atom stereocenters. The lowest BCUT2D eigenvalue weighted by molar-refractivity contribution is -0.383. The number of nitrogens with one attached hydrogen (secondary N) is 2. The van der Waals surface area contributed by atoms with Crippen molar-refractivity contribution in [3.05, 3.63) is 39.9 Å². The van der Waals surface area contributed by atoms with Gasteiger partial charge in [-0.1, -0.05) is 12.1 Å². The number of aromatic carboxylic acids is 1. The molecule has 1 aromatic heterocycles. The molecule has 32 heavy (non-hydrogen) atoms. The highest BCUT2D eigenvalue weighted by Crippen LogP contribution is 2.37. The molecule has 0 bridgehead atoms. The second kappa shape index (κ2) is 9.44. The maximum absolute atomic E-state index is 12.1. The fourth-order valence-electron chi connectivity index (χ4n) is 3.67. The second-order valence-corrected chi connectivity index (χ2v) is 9.05. The highest BCUT2D eigenvalue weighted by molar-refractivity contribution is 7.85. The molecule has 2 fully saturated rings. The Morgan fingerprint density at radius 1 is 1.12 bits per heavy atom. The van der Waals surface area contributed by atoms with Gasteiger partial charge in [0.05, 0.1) is 16.2 Å². The van der Waals surface area contributed by atoms with Crippen LogP contribution < -0.4 is 20.4 Å². The third-order valence-electron chi connectivity index (χ3n) is 5.32. The number of para-hydroxylation sites is 1. The highest BCUT2D eigenvalue weighted by atomic mass is 32.2. The number of aromatic nitrogens is 2. The van der Waals surface area contributed by atoms with Crippen LogP contribution in [0.4, 0.5) is 29.0 Å². The van der Waals surface area contributed by atoms with Crippen molar-refractivity contribution in [2.75, 3.05) is 65.9 Å². The van der Waals surface area contributed by atoms with E-state index in [9.17, 15) is 24.2 Å². The van der Waals surface area contributed by atoms with Crippen LogP contribution in [0.15, 0.2) is 24.3 Å². The van der Waals surface area contributed by atoms with Crippen molar-refractivity contribution in [1.29, 1.82) is 0 Å². The second-order valence-electron chi connectivity index (χ2n) is 7.35. The highest BCUT2D eigenvalue weighted by Gasteiger charge is 2.32. The molecule has 170 valence electrons. The third-order valence-corrected chi connectivity index (χ3v) is 6.60. The van der Waals surface area contributed by atoms with Crippen LogP contribution >= 0.6 is 0 Å². The van der Waals surface area contributed by atoms with Gasteiger partial charge in [0.25, 0.3) is 0 Å². The number of piperazine rings is 1. The molecule has 0 radical (unpaired) electrons. The lowest BCUT2D eigenvalue weighted by atomic mass is 10.2. The van der Waals surface area contributed by atoms with Gasteiger partial charge >= 0.3 is 11.7 Å². The number of rotatable bonds is 6. The fraction of sp³-hybridized carbons (Fsp3) is 0.421. The molecule has 1 aromatic carbocycles. The summed E-state index contributed by atoms with van der Waals surface area (Å²) in [7, 11) is -0.961. The van der Waals surface area contributed by atoms with Gasteiger partial charge in [-0.25, -0.2) is 4.79 Å². The number of hydrogen-bond donors (Lipinski definition) is 3. The summed E-state index contributed by atoms with van der Waals surface area (Å²) in [5.74, 6) is 0.0307. The average Bonchev–Trinajstić information content (AvgIpc) is 2.79. The fourth-order valence-corrected chi connectivity index (χ4v) is 4.72. The lowest BCUT2D eigenvalue weighted by Crippen LogP contribution is -2.45. The van der Waals surface area contributed by atoms with Crippen molar-refractivity contribution in [1.82, 2.24) is 15.3 Å². The molecule has 12 nitrogen and oxygen atoms in total. The summed E-state index contributed by atoms with van der Waals surface area (Å²) < 4.78 is 11.8. The predicted molar refractivity (Wildman–Crippen MR) is 121 cm³/mol. The molecule has 0 saturated carbocycles. The Balaban J connectivity index is 1.83. The van der Waals surface area contributed by atoms with E-state index in [1.54, 1.807) is 17.0 Å². The van der Waals surface area contributed by atoms with Crippen LogP contribution in [-0.2, 0) is 10.8 Å². The molecule has 0 amide bonds. The summed E-state index contributed by atoms with van der Waals surface area (Å²) in [5, 5.41) is 27.7. The number of hydrogen-bond acceptors (Lipinski definition) is 10. The molecule has 0 unspecified atom stereocenters. The van der Waals surface area contributed by atoms with Crippen molar-refractivity contribution in [2.24, 2.45) is 0 Å². The SMILES string of the molecule is O=C(O)c1ccccc1Nc1nc(N2CCNCC2)nc(N2CCS(=O)CC2)c1[N+](=O)[O-]. The topological polar surface area (TPSA) is 154 Å². The van der Waals surface area contributed by atoms with Crippen LogP contribution in [0.2, 0.25) is 0 Å². The van der Waals surface area contributed by atoms with Gasteiger partial charge in [-0.3, -0.25) is 14.3 Å². The first-order chi connectivity index (χ1) is 15.4. The Labute approximate surface area is 186 Å². The third kappa shape index (κ3) is 4.62. The molecule has 3 N–H and O–H groups in total. The van der Waals surface area contributed by atoms with Crippen LogP contribution in [-0.4, -0.2) is 81.0 Å². The first-order valence-electron chi connectivity index (χ1n) is 10.2. The quantitative estimate of drug-likeness (QED) is 0.413. The number of carboxylic acids is 1. The van der Waals surface area contributed by atoms with E-state index in [1.165, 1.54) is 12.1 Å². The number of anilines is 4. The molecule has 3 heterocycles. The Morgan fingerprint density at radius 3 is 2.47 bits per heavy atom. The van der Waals surface area contributed by atoms with Crippen LogP contribution in [0.3, 0.4) is 0 Å². The molecule has 2 aliphatic rings. The van der Waals surface area contributed by atoms with E-state index in [1.807, 2.05) is 4.90 Å². The van der Waals surface area contributed by atoms with E-state index in [-0.39, 0.29) is 28.6 Å². The van der Waals surface area contributed by atoms with Gasteiger partial charge in [0.15, 0.2) is 0 Å². The molecule has 4 rings (SSSR count). The molecular weight excluding hydrogens is 438 g/mol. The molecule has 0 spiro atoms. The summed E-state index contributed by atoms with van der Waals surface area (Å²) in [5.41, 5.74) is -0.172. The number of nitrogens with zero attached hydrogens (tertiary/aromatic N) is 5. The maximum atomic E-state index is 12.1. The number of carboxylic acid groups (broad SMARTS) is 1. The molecule has 2 aromatic rings. The Morgan fingerprint density at radius 2 is 1.81 bits per heavy atom. The molecule has 0 aliphatic carbocycles. The molecular formula is C19H23N7O5S. The van der Waals surface area contributed by atoms with Gasteiger partial charge in [-0.2, -0.15) is 9.97 Å². The van der Waals surface area contributed by atoms with Gasteiger partial charge < -0.3 is 25.5 Å². The van der Waals surface area contributed by atoms with E-state index < -0.39 is 21.7 Å². The molecule has 13 heteroatoms. The van der Waals surface area contributed by atoms with Gasteiger partial charge in [-0.15, -0.1) is 0 Å². The first-order valence-corrected chi connectivity index (χ1v) is 11.6. The van der Waals surface area contributed by atoms with Crippen molar-refractivity contribution >= 4 is 45.7 Å². The van der Waals surface area contributed by atoms with Crippen molar-refractivity contribution in [3.63, 3.8) is 0 Å². The minimum Gasteiger partial charge on any atom is -0.478 e. The van der Waals surface area contributed by atoms with Gasteiger partial charge in [0.2, 0.25) is 17.6 Å². The van der Waals surface area contributed by atoms with E-state index >= 15 is 0 Å². The number of carbonyl (C=O) groups is 1. The largest absolute Gasteiger partial charge is 0.478 e. The minimum absolute atomic E-state index is 0.0287. The normalized spacial score (nSPS) is 17.2. The lowest BCUT2D eigenvalue weighted by Gasteiger charge is -2.31. The number of benzene rings is 1. The van der Waals surface area contributed by atoms with E-state index in [4.69, 9.17) is 0 Å². The predicted octanol–water partition coefficient (Wildman–Crippen LogP) is 0.805. The zero-order chi connectivity index (χ0) is 22.7.